The number of likely N-dealkylation sites (tertiary alicyclic amines) is 1. The predicted octanol–water partition coefficient (Wildman–Crippen LogP) is 0.143. The zero-order valence-electron chi connectivity index (χ0n) is 13.2. The van der Waals surface area contributed by atoms with Gasteiger partial charge in [0.2, 0.25) is 0 Å². The molecule has 0 spiro atoms. The average molecular weight is 320 g/mol. The average Bonchev–Trinajstić information content (AvgIpc) is 3.23. The first-order valence-corrected chi connectivity index (χ1v) is 7.69. The van der Waals surface area contributed by atoms with Gasteiger partial charge >= 0.3 is 11.9 Å². The summed E-state index contributed by atoms with van der Waals surface area (Å²) in [5.41, 5.74) is 0.712. The molecule has 0 aromatic carbocycles. The third-order valence-corrected chi connectivity index (χ3v) is 4.25. The molecule has 1 aliphatic carbocycles. The molecular weight excluding hydrogens is 300 g/mol. The molecule has 3 atom stereocenters. The molecule has 2 heterocycles. The highest BCUT2D eigenvalue weighted by molar-refractivity contribution is 5.77. The van der Waals surface area contributed by atoms with Gasteiger partial charge in [0.15, 0.2) is 0 Å². The molecule has 8 heteroatoms. The summed E-state index contributed by atoms with van der Waals surface area (Å²) in [6, 6.07) is -0.0514. The predicted molar refractivity (Wildman–Crippen MR) is 79.0 cm³/mol. The first-order chi connectivity index (χ1) is 11.1. The van der Waals surface area contributed by atoms with E-state index in [2.05, 4.69) is 27.4 Å². The van der Waals surface area contributed by atoms with Crippen LogP contribution in [-0.2, 0) is 32.2 Å². The fourth-order valence-corrected chi connectivity index (χ4v) is 3.30. The molecule has 1 fully saturated rings. The highest BCUT2D eigenvalue weighted by Gasteiger charge is 2.47. The Bertz CT molecular complexity index is 627. The molecule has 2 bridgehead atoms. The van der Waals surface area contributed by atoms with Crippen LogP contribution in [0.25, 0.3) is 0 Å². The van der Waals surface area contributed by atoms with E-state index in [1.54, 1.807) is 13.1 Å². The molecule has 1 aromatic heterocycles. The Labute approximate surface area is 134 Å². The maximum atomic E-state index is 12.0. The van der Waals surface area contributed by atoms with E-state index in [0.717, 1.165) is 6.42 Å². The Morgan fingerprint density at radius 1 is 1.39 bits per heavy atom. The number of aromatic nitrogens is 3. The number of methoxy groups -OCH3 is 1. The fraction of sp³-hybridized carbons (Fsp3) is 0.600. The lowest BCUT2D eigenvalue weighted by atomic mass is 10.0. The normalized spacial score (nSPS) is 25.7. The first-order valence-electron chi connectivity index (χ1n) is 7.69. The zero-order valence-corrected chi connectivity index (χ0v) is 13.2. The lowest BCUT2D eigenvalue weighted by Crippen LogP contribution is -2.44. The van der Waals surface area contributed by atoms with Gasteiger partial charge in [-0.05, 0) is 13.3 Å². The van der Waals surface area contributed by atoms with E-state index in [4.69, 9.17) is 9.47 Å². The second kappa shape index (κ2) is 6.49. The van der Waals surface area contributed by atoms with Crippen molar-refractivity contribution in [3.63, 3.8) is 0 Å². The minimum Gasteiger partial charge on any atom is -0.468 e. The smallest absolute Gasteiger partial charge is 0.327 e. The van der Waals surface area contributed by atoms with Gasteiger partial charge in [-0.15, -0.1) is 5.10 Å². The highest BCUT2D eigenvalue weighted by atomic mass is 16.5. The number of carbonyl (C=O) groups is 2. The van der Waals surface area contributed by atoms with Crippen LogP contribution in [0.15, 0.2) is 18.3 Å². The van der Waals surface area contributed by atoms with Gasteiger partial charge < -0.3 is 9.47 Å². The second-order valence-corrected chi connectivity index (χ2v) is 5.70. The minimum absolute atomic E-state index is 0.0349. The van der Waals surface area contributed by atoms with Crippen molar-refractivity contribution < 1.29 is 19.1 Å². The number of esters is 2. The molecule has 8 nitrogen and oxygen atoms in total. The molecule has 124 valence electrons. The lowest BCUT2D eigenvalue weighted by molar-refractivity contribution is -0.147. The van der Waals surface area contributed by atoms with Crippen LogP contribution in [0.4, 0.5) is 0 Å². The van der Waals surface area contributed by atoms with Gasteiger partial charge in [-0.3, -0.25) is 14.5 Å². The van der Waals surface area contributed by atoms with Gasteiger partial charge in [0.05, 0.1) is 25.6 Å². The van der Waals surface area contributed by atoms with Crippen LogP contribution in [-0.4, -0.2) is 57.6 Å². The van der Waals surface area contributed by atoms with Gasteiger partial charge in [-0.1, -0.05) is 17.4 Å². The molecule has 0 amide bonds. The minimum atomic E-state index is -0.348. The van der Waals surface area contributed by atoms with Crippen LogP contribution in [0, 0.1) is 5.92 Å². The molecule has 23 heavy (non-hydrogen) atoms. The van der Waals surface area contributed by atoms with Crippen molar-refractivity contribution >= 4 is 11.9 Å². The fourth-order valence-electron chi connectivity index (χ4n) is 3.30. The van der Waals surface area contributed by atoms with Crippen LogP contribution in [0.3, 0.4) is 0 Å². The second-order valence-electron chi connectivity index (χ2n) is 5.70. The summed E-state index contributed by atoms with van der Waals surface area (Å²) in [7, 11) is 1.41. The molecular formula is C15H20N4O4. The van der Waals surface area contributed by atoms with Gasteiger partial charge in [-0.2, -0.15) is 0 Å². The lowest BCUT2D eigenvalue weighted by Gasteiger charge is -2.29. The molecule has 0 saturated carbocycles. The summed E-state index contributed by atoms with van der Waals surface area (Å²) in [6.45, 7) is 2.62. The third kappa shape index (κ3) is 3.12. The van der Waals surface area contributed by atoms with E-state index in [0.29, 0.717) is 18.8 Å². The number of nitrogens with zero attached hydrogens (tertiary/aromatic N) is 4. The van der Waals surface area contributed by atoms with Gasteiger partial charge in [0.25, 0.3) is 0 Å². The Morgan fingerprint density at radius 3 is 2.96 bits per heavy atom. The van der Waals surface area contributed by atoms with E-state index in [1.165, 1.54) is 11.8 Å². The van der Waals surface area contributed by atoms with Crippen molar-refractivity contribution in [2.24, 2.45) is 5.92 Å². The number of ether oxygens (including phenoxy) is 2. The SMILES string of the molecule is CCOC(=O)Cn1cc(CN2[C@H]3C=C[C@H](C3)[C@@H]2C(=O)OC)nn1. The van der Waals surface area contributed by atoms with Crippen molar-refractivity contribution in [2.45, 2.75) is 38.5 Å². The zero-order chi connectivity index (χ0) is 16.4. The summed E-state index contributed by atoms with van der Waals surface area (Å²) in [5, 5.41) is 8.02. The van der Waals surface area contributed by atoms with E-state index in [-0.39, 0.29) is 36.5 Å². The Morgan fingerprint density at radius 2 is 2.22 bits per heavy atom. The summed E-state index contributed by atoms with van der Waals surface area (Å²) < 4.78 is 11.3. The van der Waals surface area contributed by atoms with E-state index < -0.39 is 0 Å². The highest BCUT2D eigenvalue weighted by Crippen LogP contribution is 2.38. The Hall–Kier alpha value is -2.22. The van der Waals surface area contributed by atoms with Crippen LogP contribution in [0.2, 0.25) is 0 Å². The molecule has 3 rings (SSSR count). The van der Waals surface area contributed by atoms with Gasteiger partial charge in [0, 0.05) is 18.5 Å². The van der Waals surface area contributed by atoms with Gasteiger partial charge in [0.1, 0.15) is 12.6 Å². The third-order valence-electron chi connectivity index (χ3n) is 4.25. The molecule has 0 radical (unpaired) electrons. The van der Waals surface area contributed by atoms with Crippen LogP contribution in [0.5, 0.6) is 0 Å². The Balaban J connectivity index is 1.67. The molecule has 2 aliphatic rings. The topological polar surface area (TPSA) is 86.5 Å². The summed E-state index contributed by atoms with van der Waals surface area (Å²) in [4.78, 5) is 25.6. The number of carbonyl (C=O) groups excluding carboxylic acids is 2. The number of rotatable bonds is 6. The molecule has 0 unspecified atom stereocenters. The number of fused-ring (bicyclic) bond motifs is 2. The van der Waals surface area contributed by atoms with Crippen molar-refractivity contribution in [3.8, 4) is 0 Å². The standard InChI is InChI=1S/C15H20N4O4/c1-3-23-13(20)9-18-7-11(16-17-18)8-19-12-5-4-10(6-12)14(19)15(21)22-2/h4-5,7,10,12,14H,3,6,8-9H2,1-2H3/t10-,12+,14-/m1/s1. The summed E-state index contributed by atoms with van der Waals surface area (Å²) in [6.07, 6.45) is 6.84. The van der Waals surface area contributed by atoms with Crippen molar-refractivity contribution in [3.05, 3.63) is 24.0 Å². The van der Waals surface area contributed by atoms with E-state index in [9.17, 15) is 9.59 Å². The molecule has 1 aromatic rings. The van der Waals surface area contributed by atoms with Crippen molar-refractivity contribution in [2.75, 3.05) is 13.7 Å². The molecule has 1 saturated heterocycles. The monoisotopic (exact) mass is 320 g/mol. The Kier molecular flexibility index (Phi) is 4.42. The summed E-state index contributed by atoms with van der Waals surface area (Å²) >= 11 is 0. The summed E-state index contributed by atoms with van der Waals surface area (Å²) in [5.74, 6) is -0.373. The maximum absolute atomic E-state index is 12.0. The number of hydrogen-bond donors (Lipinski definition) is 0. The first kappa shape index (κ1) is 15.7. The molecule has 0 N–H and O–H groups in total. The quantitative estimate of drug-likeness (QED) is 0.544. The maximum Gasteiger partial charge on any atom is 0.327 e. The van der Waals surface area contributed by atoms with E-state index >= 15 is 0 Å². The largest absolute Gasteiger partial charge is 0.468 e. The van der Waals surface area contributed by atoms with Crippen molar-refractivity contribution in [1.82, 2.24) is 19.9 Å². The van der Waals surface area contributed by atoms with Crippen LogP contribution < -0.4 is 0 Å². The molecule has 1 aliphatic heterocycles. The van der Waals surface area contributed by atoms with Crippen LogP contribution in [0.1, 0.15) is 19.0 Å². The van der Waals surface area contributed by atoms with Crippen molar-refractivity contribution in [1.29, 1.82) is 0 Å². The van der Waals surface area contributed by atoms with Gasteiger partial charge in [-0.25, -0.2) is 4.68 Å². The van der Waals surface area contributed by atoms with Crippen LogP contribution >= 0.6 is 0 Å². The number of hydrogen-bond acceptors (Lipinski definition) is 7. The van der Waals surface area contributed by atoms with E-state index in [1.807, 2.05) is 0 Å².